The summed E-state index contributed by atoms with van der Waals surface area (Å²) >= 11 is 0. The fourth-order valence-corrected chi connectivity index (χ4v) is 5.05. The van der Waals surface area contributed by atoms with Crippen molar-refractivity contribution in [2.24, 2.45) is 17.0 Å². The topological polar surface area (TPSA) is 152 Å². The van der Waals surface area contributed by atoms with Crippen molar-refractivity contribution in [3.63, 3.8) is 0 Å². The molecule has 0 bridgehead atoms. The molecule has 0 aliphatic carbocycles. The third-order valence-corrected chi connectivity index (χ3v) is 7.91. The van der Waals surface area contributed by atoms with Crippen LogP contribution < -0.4 is 5.32 Å². The molecule has 1 aromatic carbocycles. The highest BCUT2D eigenvalue weighted by Gasteiger charge is 2.51. The lowest BCUT2D eigenvalue weighted by atomic mass is 9.79. The Morgan fingerprint density at radius 2 is 1.79 bits per heavy atom. The molecule has 13 heteroatoms. The van der Waals surface area contributed by atoms with Gasteiger partial charge in [0.2, 0.25) is 5.91 Å². The number of azide groups is 1. The number of carbonyl (C=O) groups excluding carboxylic acids is 3. The van der Waals surface area contributed by atoms with Crippen molar-refractivity contribution < 1.29 is 33.2 Å². The Morgan fingerprint density at radius 3 is 2.38 bits per heavy atom. The van der Waals surface area contributed by atoms with Gasteiger partial charge in [-0.1, -0.05) is 41.9 Å². The number of ether oxygens (including phenoxy) is 2. The molecule has 3 atom stereocenters. The van der Waals surface area contributed by atoms with E-state index in [4.69, 9.17) is 24.3 Å². The Labute approximate surface area is 248 Å². The zero-order valence-corrected chi connectivity index (χ0v) is 25.8. The van der Waals surface area contributed by atoms with Crippen molar-refractivity contribution >= 4 is 25.1 Å². The van der Waals surface area contributed by atoms with Gasteiger partial charge >= 0.3 is 19.2 Å². The van der Waals surface area contributed by atoms with Crippen LogP contribution in [-0.4, -0.2) is 72.5 Å². The zero-order chi connectivity index (χ0) is 31.1. The van der Waals surface area contributed by atoms with E-state index in [0.29, 0.717) is 19.2 Å². The van der Waals surface area contributed by atoms with Gasteiger partial charge in [0, 0.05) is 18.0 Å². The third kappa shape index (κ3) is 9.11. The molecule has 2 aliphatic heterocycles. The first-order valence-corrected chi connectivity index (χ1v) is 14.5. The van der Waals surface area contributed by atoms with Gasteiger partial charge in [-0.05, 0) is 78.2 Å². The number of amides is 2. The number of benzene rings is 1. The molecular formula is C29H44BN5O7. The second kappa shape index (κ2) is 13.8. The minimum absolute atomic E-state index is 0.121. The standard InChI is InChI=1S/C29H44BN5O7/c1-27(2,3)40-26(38)33-23(16-32-34-31)24(36)35-17-21(14-11-15-30-41-28(4,5)29(6,7)42-30)22(18-35)25(37)39-19-20-12-9-8-10-13-20/h8-10,12-13,21-23H,11,14-19H2,1-7H3,(H,33,38)/t21-,22-,23+/m1/s1. The summed E-state index contributed by atoms with van der Waals surface area (Å²) < 4.78 is 23.2. The lowest BCUT2D eigenvalue weighted by Gasteiger charge is -2.32. The maximum Gasteiger partial charge on any atom is 0.457 e. The molecule has 0 saturated carbocycles. The van der Waals surface area contributed by atoms with E-state index in [-0.39, 0.29) is 45.2 Å². The molecular weight excluding hydrogens is 541 g/mol. The highest BCUT2D eigenvalue weighted by molar-refractivity contribution is 6.45. The number of nitrogens with one attached hydrogen (secondary N) is 1. The number of hydrogen-bond donors (Lipinski definition) is 1. The Hall–Kier alpha value is -3.28. The van der Waals surface area contributed by atoms with E-state index >= 15 is 0 Å². The van der Waals surface area contributed by atoms with E-state index in [0.717, 1.165) is 5.56 Å². The summed E-state index contributed by atoms with van der Waals surface area (Å²) in [7, 11) is -0.358. The highest BCUT2D eigenvalue weighted by Crippen LogP contribution is 2.39. The Bertz CT molecular complexity index is 1130. The summed E-state index contributed by atoms with van der Waals surface area (Å²) in [6.45, 7) is 13.4. The van der Waals surface area contributed by atoms with E-state index < -0.39 is 40.8 Å². The van der Waals surface area contributed by atoms with Gasteiger partial charge < -0.3 is 29.0 Å². The molecule has 1 aromatic rings. The minimum Gasteiger partial charge on any atom is -0.461 e. The largest absolute Gasteiger partial charge is 0.461 e. The van der Waals surface area contributed by atoms with Crippen molar-refractivity contribution in [2.75, 3.05) is 19.6 Å². The van der Waals surface area contributed by atoms with Gasteiger partial charge in [-0.15, -0.1) is 0 Å². The lowest BCUT2D eigenvalue weighted by molar-refractivity contribution is -0.150. The normalized spacial score (nSPS) is 21.8. The molecule has 2 heterocycles. The first kappa shape index (κ1) is 33.2. The first-order chi connectivity index (χ1) is 19.6. The number of likely N-dealkylation sites (tertiary alicyclic amines) is 1. The molecule has 1 N–H and O–H groups in total. The molecule has 12 nitrogen and oxygen atoms in total. The molecule has 2 fully saturated rings. The summed E-state index contributed by atoms with van der Waals surface area (Å²) in [5.41, 5.74) is 8.08. The molecule has 2 aliphatic rings. The van der Waals surface area contributed by atoms with Crippen molar-refractivity contribution in [1.82, 2.24) is 10.2 Å². The molecule has 3 rings (SSSR count). The van der Waals surface area contributed by atoms with Crippen molar-refractivity contribution in [3.8, 4) is 0 Å². The number of carbonyl (C=O) groups is 3. The Morgan fingerprint density at radius 1 is 1.14 bits per heavy atom. The first-order valence-electron chi connectivity index (χ1n) is 14.5. The van der Waals surface area contributed by atoms with Crippen LogP contribution in [0.4, 0.5) is 4.79 Å². The minimum atomic E-state index is -1.14. The second-order valence-electron chi connectivity index (χ2n) is 12.9. The zero-order valence-electron chi connectivity index (χ0n) is 25.8. The molecule has 42 heavy (non-hydrogen) atoms. The fraction of sp³-hybridized carbons (Fsp3) is 0.690. The number of esters is 1. The summed E-state index contributed by atoms with van der Waals surface area (Å²) in [5, 5.41) is 6.03. The van der Waals surface area contributed by atoms with Crippen LogP contribution >= 0.6 is 0 Å². The average molecular weight is 586 g/mol. The van der Waals surface area contributed by atoms with Crippen LogP contribution in [0.3, 0.4) is 0 Å². The lowest BCUT2D eigenvalue weighted by Crippen LogP contribution is -2.50. The van der Waals surface area contributed by atoms with Crippen molar-refractivity contribution in [1.29, 1.82) is 0 Å². The van der Waals surface area contributed by atoms with E-state index in [2.05, 4.69) is 15.3 Å². The predicted molar refractivity (Wildman–Crippen MR) is 157 cm³/mol. The van der Waals surface area contributed by atoms with Crippen molar-refractivity contribution in [2.45, 2.75) is 97.1 Å². The van der Waals surface area contributed by atoms with Gasteiger partial charge in [-0.2, -0.15) is 0 Å². The average Bonchev–Trinajstić information content (AvgIpc) is 3.41. The van der Waals surface area contributed by atoms with Crippen LogP contribution in [0.2, 0.25) is 6.32 Å². The quantitative estimate of drug-likeness (QED) is 0.128. The van der Waals surface area contributed by atoms with Crippen LogP contribution in [0.5, 0.6) is 0 Å². The molecule has 0 aromatic heterocycles. The summed E-state index contributed by atoms with van der Waals surface area (Å²) in [4.78, 5) is 43.6. The van der Waals surface area contributed by atoms with Gasteiger partial charge in [0.1, 0.15) is 18.2 Å². The summed E-state index contributed by atoms with van der Waals surface area (Å²) in [6.07, 6.45) is 1.19. The molecule has 2 amide bonds. The number of hydrogen-bond acceptors (Lipinski definition) is 8. The van der Waals surface area contributed by atoms with E-state index in [1.165, 1.54) is 4.90 Å². The smallest absolute Gasteiger partial charge is 0.457 e. The SMILES string of the molecule is CC(C)(C)OC(=O)N[C@@H](CN=[N+]=[N-])C(=O)N1C[C@@H](CCCB2OC(C)(C)C(C)(C)O2)[C@H](C(=O)OCc2ccccc2)C1. The highest BCUT2D eigenvalue weighted by atomic mass is 16.7. The monoisotopic (exact) mass is 585 g/mol. The number of rotatable bonds is 11. The van der Waals surface area contributed by atoms with Crippen LogP contribution in [0.25, 0.3) is 10.4 Å². The molecule has 2 saturated heterocycles. The predicted octanol–water partition coefficient (Wildman–Crippen LogP) is 4.88. The van der Waals surface area contributed by atoms with Crippen LogP contribution in [0.1, 0.15) is 66.9 Å². The number of nitrogens with zero attached hydrogens (tertiary/aromatic N) is 4. The summed E-state index contributed by atoms with van der Waals surface area (Å²) in [6, 6.07) is 8.25. The van der Waals surface area contributed by atoms with Gasteiger partial charge in [-0.3, -0.25) is 9.59 Å². The van der Waals surface area contributed by atoms with E-state index in [9.17, 15) is 14.4 Å². The van der Waals surface area contributed by atoms with Gasteiger partial charge in [0.05, 0.1) is 23.7 Å². The van der Waals surface area contributed by atoms with Crippen LogP contribution in [0, 0.1) is 11.8 Å². The number of alkyl carbamates (subject to hydrolysis) is 1. The second-order valence-corrected chi connectivity index (χ2v) is 12.9. The maximum absolute atomic E-state index is 13.6. The molecule has 230 valence electrons. The summed E-state index contributed by atoms with van der Waals surface area (Å²) in [5.74, 6) is -1.58. The fourth-order valence-electron chi connectivity index (χ4n) is 5.05. The molecule has 0 spiro atoms. The molecule has 0 radical (unpaired) electrons. The van der Waals surface area contributed by atoms with Crippen molar-refractivity contribution in [3.05, 3.63) is 46.3 Å². The Kier molecular flexibility index (Phi) is 10.9. The maximum atomic E-state index is 13.6. The van der Waals surface area contributed by atoms with E-state index in [1.54, 1.807) is 20.8 Å². The third-order valence-electron chi connectivity index (χ3n) is 7.91. The van der Waals surface area contributed by atoms with Gasteiger partial charge in [0.15, 0.2) is 0 Å². The van der Waals surface area contributed by atoms with Gasteiger partial charge in [0.25, 0.3) is 0 Å². The van der Waals surface area contributed by atoms with Crippen LogP contribution in [-0.2, 0) is 35.0 Å². The van der Waals surface area contributed by atoms with E-state index in [1.807, 2.05) is 58.0 Å². The Balaban J connectivity index is 1.70. The van der Waals surface area contributed by atoms with Gasteiger partial charge in [-0.25, -0.2) is 4.79 Å². The van der Waals surface area contributed by atoms with Crippen LogP contribution in [0.15, 0.2) is 35.4 Å². The molecule has 0 unspecified atom stereocenters.